The van der Waals surface area contributed by atoms with E-state index in [1.54, 1.807) is 13.8 Å². The number of benzene rings is 4. The molecule has 0 spiro atoms. The van der Waals surface area contributed by atoms with E-state index in [1.807, 2.05) is 12.1 Å². The van der Waals surface area contributed by atoms with Crippen LogP contribution in [-0.4, -0.2) is 11.6 Å². The first kappa shape index (κ1) is 20.1. The fourth-order valence-electron chi connectivity index (χ4n) is 5.14. The summed E-state index contributed by atoms with van der Waals surface area (Å²) < 4.78 is 0. The average Bonchev–Trinajstić information content (AvgIpc) is 3.11. The third kappa shape index (κ3) is 3.03. The van der Waals surface area contributed by atoms with Crippen LogP contribution in [0.2, 0.25) is 0 Å². The van der Waals surface area contributed by atoms with Gasteiger partial charge in [-0.15, -0.1) is 0 Å². The standard InChI is InChI=1S/C30H24O2/c1-20(31)19-22-11-15-24(16-12-22)30(25-17-13-23(14-18-25)21(2)32)28-9-5-3-7-26(28)27-8-4-6-10-29(27)30/h3-18H,19H2,1-2H3. The Bertz CT molecular complexity index is 1280. The Morgan fingerprint density at radius 3 is 1.56 bits per heavy atom. The maximum atomic E-state index is 11.9. The van der Waals surface area contributed by atoms with E-state index < -0.39 is 5.41 Å². The summed E-state index contributed by atoms with van der Waals surface area (Å²) in [5.74, 6) is 0.218. The zero-order valence-corrected chi connectivity index (χ0v) is 18.3. The maximum Gasteiger partial charge on any atom is 0.159 e. The second-order valence-corrected chi connectivity index (χ2v) is 8.55. The molecule has 0 saturated carbocycles. The Morgan fingerprint density at radius 2 is 1.09 bits per heavy atom. The van der Waals surface area contributed by atoms with Crippen LogP contribution in [0.3, 0.4) is 0 Å². The van der Waals surface area contributed by atoms with Gasteiger partial charge in [0.15, 0.2) is 5.78 Å². The van der Waals surface area contributed by atoms with E-state index in [0.29, 0.717) is 12.0 Å². The van der Waals surface area contributed by atoms with Crippen molar-refractivity contribution in [1.29, 1.82) is 0 Å². The van der Waals surface area contributed by atoms with Gasteiger partial charge in [-0.1, -0.05) is 97.1 Å². The predicted octanol–water partition coefficient (Wildman–Crippen LogP) is 6.38. The molecule has 2 nitrogen and oxygen atoms in total. The van der Waals surface area contributed by atoms with Crippen LogP contribution in [0.15, 0.2) is 97.1 Å². The minimum absolute atomic E-state index is 0.0615. The second-order valence-electron chi connectivity index (χ2n) is 8.55. The van der Waals surface area contributed by atoms with Crippen molar-refractivity contribution in [3.05, 3.63) is 130 Å². The van der Waals surface area contributed by atoms with Gasteiger partial charge in [-0.3, -0.25) is 9.59 Å². The second kappa shape index (κ2) is 7.72. The van der Waals surface area contributed by atoms with Crippen molar-refractivity contribution in [2.45, 2.75) is 25.7 Å². The molecule has 0 saturated heterocycles. The van der Waals surface area contributed by atoms with E-state index in [-0.39, 0.29) is 11.6 Å². The Labute approximate surface area is 188 Å². The predicted molar refractivity (Wildman–Crippen MR) is 128 cm³/mol. The van der Waals surface area contributed by atoms with Crippen LogP contribution in [0, 0.1) is 0 Å². The minimum Gasteiger partial charge on any atom is -0.300 e. The molecule has 2 heteroatoms. The molecule has 0 radical (unpaired) electrons. The molecule has 0 heterocycles. The number of fused-ring (bicyclic) bond motifs is 3. The Kier molecular flexibility index (Phi) is 4.86. The average molecular weight is 417 g/mol. The summed E-state index contributed by atoms with van der Waals surface area (Å²) in [7, 11) is 0. The molecule has 32 heavy (non-hydrogen) atoms. The number of carbonyl (C=O) groups is 2. The van der Waals surface area contributed by atoms with Crippen molar-refractivity contribution in [1.82, 2.24) is 0 Å². The van der Waals surface area contributed by atoms with Crippen molar-refractivity contribution >= 4 is 11.6 Å². The van der Waals surface area contributed by atoms with E-state index in [1.165, 1.54) is 22.3 Å². The summed E-state index contributed by atoms with van der Waals surface area (Å²) >= 11 is 0. The van der Waals surface area contributed by atoms with Crippen LogP contribution in [0.1, 0.15) is 52.0 Å². The molecule has 0 unspecified atom stereocenters. The Hall–Kier alpha value is -3.78. The van der Waals surface area contributed by atoms with Gasteiger partial charge < -0.3 is 0 Å². The van der Waals surface area contributed by atoms with E-state index >= 15 is 0 Å². The molecule has 1 aliphatic carbocycles. The number of Topliss-reactive ketones (excluding diaryl/α,β-unsaturated/α-hetero) is 2. The number of ketones is 2. The zero-order chi connectivity index (χ0) is 22.3. The molecule has 156 valence electrons. The fourth-order valence-corrected chi connectivity index (χ4v) is 5.14. The van der Waals surface area contributed by atoms with E-state index in [2.05, 4.69) is 84.9 Å². The number of carbonyl (C=O) groups excluding carboxylic acids is 2. The maximum absolute atomic E-state index is 11.9. The molecular weight excluding hydrogens is 392 g/mol. The van der Waals surface area contributed by atoms with Crippen LogP contribution in [-0.2, 0) is 16.6 Å². The lowest BCUT2D eigenvalue weighted by molar-refractivity contribution is -0.116. The van der Waals surface area contributed by atoms with Gasteiger partial charge in [0.25, 0.3) is 0 Å². The van der Waals surface area contributed by atoms with E-state index in [9.17, 15) is 9.59 Å². The van der Waals surface area contributed by atoms with Gasteiger partial charge in [-0.05, 0) is 52.8 Å². The summed E-state index contributed by atoms with van der Waals surface area (Å²) in [6, 6.07) is 33.6. The van der Waals surface area contributed by atoms with Crippen molar-refractivity contribution in [2.75, 3.05) is 0 Å². The molecular formula is C30H24O2. The quantitative estimate of drug-likeness (QED) is 0.311. The van der Waals surface area contributed by atoms with Crippen molar-refractivity contribution in [3.63, 3.8) is 0 Å². The first-order chi connectivity index (χ1) is 15.5. The van der Waals surface area contributed by atoms with Gasteiger partial charge in [-0.2, -0.15) is 0 Å². The monoisotopic (exact) mass is 416 g/mol. The normalized spacial score (nSPS) is 13.3. The van der Waals surface area contributed by atoms with Gasteiger partial charge in [-0.25, -0.2) is 0 Å². The van der Waals surface area contributed by atoms with Gasteiger partial charge in [0.05, 0.1) is 5.41 Å². The molecule has 0 aliphatic heterocycles. The smallest absolute Gasteiger partial charge is 0.159 e. The van der Waals surface area contributed by atoms with E-state index in [4.69, 9.17) is 0 Å². The molecule has 0 bridgehead atoms. The first-order valence-corrected chi connectivity index (χ1v) is 10.9. The lowest BCUT2D eigenvalue weighted by Crippen LogP contribution is -2.28. The zero-order valence-electron chi connectivity index (χ0n) is 18.3. The molecule has 0 amide bonds. The molecule has 4 aromatic carbocycles. The third-order valence-corrected chi connectivity index (χ3v) is 6.52. The summed E-state index contributed by atoms with van der Waals surface area (Å²) in [5, 5.41) is 0. The molecule has 0 fully saturated rings. The van der Waals surface area contributed by atoms with Gasteiger partial charge in [0.2, 0.25) is 0 Å². The topological polar surface area (TPSA) is 34.1 Å². The highest BCUT2D eigenvalue weighted by Gasteiger charge is 2.45. The largest absolute Gasteiger partial charge is 0.300 e. The van der Waals surface area contributed by atoms with Gasteiger partial charge in [0, 0.05) is 12.0 Å². The molecule has 1 aliphatic rings. The Balaban J connectivity index is 1.81. The van der Waals surface area contributed by atoms with Crippen LogP contribution in [0.25, 0.3) is 11.1 Å². The summed E-state index contributed by atoms with van der Waals surface area (Å²) in [4.78, 5) is 23.5. The fraction of sp³-hybridized carbons (Fsp3) is 0.133. The summed E-state index contributed by atoms with van der Waals surface area (Å²) in [5.41, 5.74) is 8.43. The van der Waals surface area contributed by atoms with Crippen molar-refractivity contribution in [2.24, 2.45) is 0 Å². The van der Waals surface area contributed by atoms with Crippen LogP contribution < -0.4 is 0 Å². The highest BCUT2D eigenvalue weighted by molar-refractivity contribution is 5.94. The van der Waals surface area contributed by atoms with Crippen LogP contribution in [0.5, 0.6) is 0 Å². The SMILES string of the molecule is CC(=O)Cc1ccc(C2(c3ccc(C(C)=O)cc3)c3ccccc3-c3ccccc32)cc1. The highest BCUT2D eigenvalue weighted by atomic mass is 16.1. The Morgan fingerprint density at radius 1 is 0.625 bits per heavy atom. The summed E-state index contributed by atoms with van der Waals surface area (Å²) in [6.45, 7) is 3.22. The number of rotatable bonds is 5. The van der Waals surface area contributed by atoms with Crippen LogP contribution >= 0.6 is 0 Å². The molecule has 0 atom stereocenters. The third-order valence-electron chi connectivity index (χ3n) is 6.52. The van der Waals surface area contributed by atoms with Gasteiger partial charge in [0.1, 0.15) is 5.78 Å². The summed E-state index contributed by atoms with van der Waals surface area (Å²) in [6.07, 6.45) is 0.438. The van der Waals surface area contributed by atoms with Crippen LogP contribution in [0.4, 0.5) is 0 Å². The van der Waals surface area contributed by atoms with Crippen molar-refractivity contribution < 1.29 is 9.59 Å². The number of hydrogen-bond donors (Lipinski definition) is 0. The lowest BCUT2D eigenvalue weighted by Gasteiger charge is -2.34. The first-order valence-electron chi connectivity index (χ1n) is 10.9. The molecule has 0 N–H and O–H groups in total. The van der Waals surface area contributed by atoms with E-state index in [0.717, 1.165) is 16.7 Å². The molecule has 0 aromatic heterocycles. The lowest BCUT2D eigenvalue weighted by atomic mass is 9.67. The number of hydrogen-bond acceptors (Lipinski definition) is 2. The molecule has 5 rings (SSSR count). The van der Waals surface area contributed by atoms with Gasteiger partial charge >= 0.3 is 0 Å². The highest BCUT2D eigenvalue weighted by Crippen LogP contribution is 2.55. The molecule has 4 aromatic rings. The van der Waals surface area contributed by atoms with Crippen molar-refractivity contribution in [3.8, 4) is 11.1 Å². The minimum atomic E-state index is -0.489.